The minimum atomic E-state index is -2.58. The van der Waals surface area contributed by atoms with Gasteiger partial charge in [0.25, 0.3) is 0 Å². The van der Waals surface area contributed by atoms with Crippen LogP contribution in [0.25, 0.3) is 0 Å². The van der Waals surface area contributed by atoms with E-state index in [-0.39, 0.29) is 12.4 Å². The highest BCUT2D eigenvalue weighted by molar-refractivity contribution is 8.10. The summed E-state index contributed by atoms with van der Waals surface area (Å²) in [5, 5.41) is 0. The fourth-order valence-electron chi connectivity index (χ4n) is 0.549. The number of halogens is 1. The maximum Gasteiger partial charge on any atom is 0.209 e. The molecule has 1 atom stereocenters. The highest BCUT2D eigenvalue weighted by atomic mass is 35.5. The molecule has 0 aromatic heterocycles. The molecule has 68 valence electrons. The molecule has 0 aromatic rings. The largest absolute Gasteiger partial charge is 0.342 e. The molecule has 2 nitrogen and oxygen atoms in total. The second kappa shape index (κ2) is 6.15. The average molecular weight is 217 g/mol. The van der Waals surface area contributed by atoms with E-state index in [2.05, 4.69) is 0 Å². The van der Waals surface area contributed by atoms with Crippen LogP contribution in [0.15, 0.2) is 11.4 Å². The molecule has 11 heavy (non-hydrogen) atoms. The van der Waals surface area contributed by atoms with Crippen molar-refractivity contribution in [3.8, 4) is 0 Å². The highest BCUT2D eigenvalue weighted by Crippen LogP contribution is 2.44. The van der Waals surface area contributed by atoms with E-state index in [1.54, 1.807) is 5.82 Å². The average Bonchev–Trinajstić information content (AvgIpc) is 1.59. The third-order valence-electron chi connectivity index (χ3n) is 0.735. The number of hydrogen-bond donors (Lipinski definition) is 1. The first kappa shape index (κ1) is 14.1. The molecule has 0 aromatic carbocycles. The Hall–Kier alpha value is 0.600. The van der Waals surface area contributed by atoms with Gasteiger partial charge in [-0.05, 0) is 38.4 Å². The van der Waals surface area contributed by atoms with Gasteiger partial charge < -0.3 is 9.42 Å². The second-order valence-corrected chi connectivity index (χ2v) is 5.40. The Kier molecular flexibility index (Phi) is 7.91. The second-order valence-electron chi connectivity index (χ2n) is 2.19. The van der Waals surface area contributed by atoms with Gasteiger partial charge in [-0.1, -0.05) is 5.57 Å². The lowest BCUT2D eigenvalue weighted by molar-refractivity contribution is 0.334. The van der Waals surface area contributed by atoms with Crippen LogP contribution in [-0.4, -0.2) is 11.5 Å². The van der Waals surface area contributed by atoms with E-state index in [1.807, 2.05) is 20.8 Å². The smallest absolute Gasteiger partial charge is 0.209 e. The molecule has 0 spiro atoms. The van der Waals surface area contributed by atoms with E-state index in [4.69, 9.17) is 16.3 Å². The van der Waals surface area contributed by atoms with Crippen molar-refractivity contribution in [3.05, 3.63) is 11.4 Å². The molecule has 0 fully saturated rings. The van der Waals surface area contributed by atoms with Crippen molar-refractivity contribution < 1.29 is 9.42 Å². The predicted molar refractivity (Wildman–Crippen MR) is 54.8 cm³/mol. The Balaban J connectivity index is 0. The van der Waals surface area contributed by atoms with Crippen molar-refractivity contribution in [3.63, 3.8) is 0 Å². The first-order chi connectivity index (χ1) is 4.48. The Labute approximate surface area is 79.2 Å². The van der Waals surface area contributed by atoms with Crippen LogP contribution in [0.2, 0.25) is 0 Å². The number of hydrogen-bond acceptors (Lipinski definition) is 2. The van der Waals surface area contributed by atoms with Crippen molar-refractivity contribution in [2.45, 2.75) is 20.8 Å². The summed E-state index contributed by atoms with van der Waals surface area (Å²) in [4.78, 5) is 9.31. The highest BCUT2D eigenvalue weighted by Gasteiger charge is 2.06. The standard InChI is InChI=1S/C6H13O2PS.ClH/c1-4-8-9(7,10)5-6(2)3;/h5H,4H2,1-3H3,(H,7,10);1H. The van der Waals surface area contributed by atoms with Crippen molar-refractivity contribution in [2.75, 3.05) is 6.61 Å². The molecule has 5 heteroatoms. The molecule has 0 aliphatic carbocycles. The van der Waals surface area contributed by atoms with Crippen LogP contribution in [0, 0.1) is 0 Å². The maximum atomic E-state index is 9.31. The topological polar surface area (TPSA) is 29.5 Å². The molecule has 1 unspecified atom stereocenters. The van der Waals surface area contributed by atoms with Gasteiger partial charge in [-0.25, -0.2) is 0 Å². The zero-order valence-electron chi connectivity index (χ0n) is 6.90. The zero-order valence-corrected chi connectivity index (χ0v) is 9.43. The lowest BCUT2D eigenvalue weighted by Gasteiger charge is -2.09. The van der Waals surface area contributed by atoms with Crippen LogP contribution < -0.4 is 0 Å². The minimum absolute atomic E-state index is 0. The van der Waals surface area contributed by atoms with Crippen LogP contribution >= 0.6 is 18.9 Å². The van der Waals surface area contributed by atoms with Gasteiger partial charge in [0.05, 0.1) is 6.61 Å². The summed E-state index contributed by atoms with van der Waals surface area (Å²) in [6.07, 6.45) is 0. The predicted octanol–water partition coefficient (Wildman–Crippen LogP) is 2.67. The lowest BCUT2D eigenvalue weighted by Crippen LogP contribution is -1.84. The molecule has 0 aliphatic rings. The van der Waals surface area contributed by atoms with Crippen molar-refractivity contribution in [1.29, 1.82) is 0 Å². The third-order valence-corrected chi connectivity index (χ3v) is 2.84. The van der Waals surface area contributed by atoms with Gasteiger partial charge >= 0.3 is 0 Å². The Bertz CT molecular complexity index is 177. The van der Waals surface area contributed by atoms with E-state index in [0.717, 1.165) is 5.57 Å². The zero-order chi connectivity index (χ0) is 8.20. The van der Waals surface area contributed by atoms with Gasteiger partial charge in [0.1, 0.15) is 0 Å². The minimum Gasteiger partial charge on any atom is -0.342 e. The fraction of sp³-hybridized carbons (Fsp3) is 0.667. The summed E-state index contributed by atoms with van der Waals surface area (Å²) < 4.78 is 4.95. The van der Waals surface area contributed by atoms with Crippen molar-refractivity contribution in [1.82, 2.24) is 0 Å². The molecule has 0 aliphatic heterocycles. The molecule has 0 bridgehead atoms. The summed E-state index contributed by atoms with van der Waals surface area (Å²) in [6.45, 7) is 3.48. The molecule has 0 rings (SSSR count). The molecule has 0 saturated heterocycles. The first-order valence-electron chi connectivity index (χ1n) is 3.11. The molecule has 0 radical (unpaired) electrons. The molecular weight excluding hydrogens is 203 g/mol. The van der Waals surface area contributed by atoms with Gasteiger partial charge in [-0.3, -0.25) is 0 Å². The Morgan fingerprint density at radius 3 is 2.36 bits per heavy atom. The number of rotatable bonds is 3. The van der Waals surface area contributed by atoms with E-state index in [1.165, 1.54) is 0 Å². The summed E-state index contributed by atoms with van der Waals surface area (Å²) in [5.74, 6) is 1.62. The summed E-state index contributed by atoms with van der Waals surface area (Å²) in [7, 11) is 0. The summed E-state index contributed by atoms with van der Waals surface area (Å²) in [6, 6.07) is 0. The van der Waals surface area contributed by atoms with Gasteiger partial charge in [-0.2, -0.15) is 0 Å². The van der Waals surface area contributed by atoms with Crippen LogP contribution in [-0.2, 0) is 16.3 Å². The summed E-state index contributed by atoms with van der Waals surface area (Å²) in [5.41, 5.74) is 0.999. The normalized spacial score (nSPS) is 14.5. The Morgan fingerprint density at radius 1 is 1.64 bits per heavy atom. The quantitative estimate of drug-likeness (QED) is 0.736. The van der Waals surface area contributed by atoms with Gasteiger partial charge in [0.15, 0.2) is 0 Å². The molecular formula is C6H14ClO2PS. The van der Waals surface area contributed by atoms with E-state index in [0.29, 0.717) is 6.61 Å². The lowest BCUT2D eigenvalue weighted by atomic mass is 10.4. The summed E-state index contributed by atoms with van der Waals surface area (Å²) >= 11 is 4.79. The third kappa shape index (κ3) is 8.51. The monoisotopic (exact) mass is 216 g/mol. The van der Waals surface area contributed by atoms with Gasteiger partial charge in [0, 0.05) is 0 Å². The van der Waals surface area contributed by atoms with E-state index in [9.17, 15) is 4.89 Å². The Morgan fingerprint density at radius 2 is 2.09 bits per heavy atom. The molecule has 1 N–H and O–H groups in total. The SMILES string of the molecule is CCOP(O)(=S)C=C(C)C.Cl. The van der Waals surface area contributed by atoms with Crippen LogP contribution in [0.3, 0.4) is 0 Å². The van der Waals surface area contributed by atoms with Crippen molar-refractivity contribution >= 4 is 30.7 Å². The molecule has 0 saturated carbocycles. The van der Waals surface area contributed by atoms with E-state index < -0.39 is 6.49 Å². The molecule has 0 heterocycles. The maximum absolute atomic E-state index is 9.31. The van der Waals surface area contributed by atoms with Crippen LogP contribution in [0.1, 0.15) is 20.8 Å². The van der Waals surface area contributed by atoms with Crippen molar-refractivity contribution in [2.24, 2.45) is 0 Å². The van der Waals surface area contributed by atoms with Gasteiger partial charge in [-0.15, -0.1) is 12.4 Å². The molecule has 0 amide bonds. The fourth-order valence-corrected chi connectivity index (χ4v) is 2.59. The number of allylic oxidation sites excluding steroid dienone is 1. The van der Waals surface area contributed by atoms with Crippen LogP contribution in [0.5, 0.6) is 0 Å². The van der Waals surface area contributed by atoms with Gasteiger partial charge in [0.2, 0.25) is 6.49 Å². The van der Waals surface area contributed by atoms with E-state index >= 15 is 0 Å². The first-order valence-corrected chi connectivity index (χ1v) is 5.85. The van der Waals surface area contributed by atoms with Crippen LogP contribution in [0.4, 0.5) is 0 Å².